The minimum Gasteiger partial charge on any atom is -0.497 e. The summed E-state index contributed by atoms with van der Waals surface area (Å²) in [5.41, 5.74) is 1.84. The van der Waals surface area contributed by atoms with E-state index in [9.17, 15) is 14.4 Å². The average molecular weight is 733 g/mol. The van der Waals surface area contributed by atoms with Crippen LogP contribution in [0.25, 0.3) is 0 Å². The number of carbonyl (C=O) groups is 3. The maximum absolute atomic E-state index is 13.0. The molecule has 0 aromatic heterocycles. The molecule has 0 heterocycles. The molecule has 1 atom stereocenters. The van der Waals surface area contributed by atoms with Gasteiger partial charge in [0.15, 0.2) is 0 Å². The van der Waals surface area contributed by atoms with Crippen LogP contribution in [0.3, 0.4) is 0 Å². The van der Waals surface area contributed by atoms with E-state index in [0.717, 1.165) is 5.56 Å². The van der Waals surface area contributed by atoms with Crippen LogP contribution in [-0.4, -0.2) is 46.3 Å². The van der Waals surface area contributed by atoms with E-state index in [0.29, 0.717) is 55.7 Å². The number of esters is 2. The van der Waals surface area contributed by atoms with Crippen LogP contribution in [0.1, 0.15) is 49.6 Å². The van der Waals surface area contributed by atoms with E-state index in [1.54, 1.807) is 117 Å². The summed E-state index contributed by atoms with van der Waals surface area (Å²) in [5.74, 6) is 1.85. The summed E-state index contributed by atoms with van der Waals surface area (Å²) in [6.07, 6.45) is 0. The Morgan fingerprint density at radius 2 is 1.04 bits per heavy atom. The number of methoxy groups -OCH3 is 4. The highest BCUT2D eigenvalue weighted by Gasteiger charge is 2.18. The summed E-state index contributed by atoms with van der Waals surface area (Å²) in [5, 5.41) is 3.78. The van der Waals surface area contributed by atoms with Gasteiger partial charge in [-0.1, -0.05) is 47.5 Å². The molecule has 0 aliphatic carbocycles. The smallest absolute Gasteiger partial charge is 0.341 e. The Bertz CT molecular complexity index is 1980. The van der Waals surface area contributed by atoms with Crippen LogP contribution in [0.15, 0.2) is 109 Å². The Labute approximate surface area is 305 Å². The quantitative estimate of drug-likeness (QED) is 0.133. The molecular formula is C39H35Cl2NO9. The monoisotopic (exact) mass is 731 g/mol. The normalized spacial score (nSPS) is 10.8. The van der Waals surface area contributed by atoms with Crippen molar-refractivity contribution in [2.45, 2.75) is 13.0 Å². The SMILES string of the molecule is COC(=O)c1cc(Cl)ccc1Oc1cccc(OC)c1.COC(=O)c1ccc([C@H](C)NC(=O)c2cc(Cl)ccc2Oc2cccc(OC)c2)cc1. The molecule has 0 fully saturated rings. The van der Waals surface area contributed by atoms with Crippen LogP contribution < -0.4 is 24.3 Å². The average Bonchev–Trinajstić information content (AvgIpc) is 3.16. The zero-order valence-electron chi connectivity index (χ0n) is 28.4. The predicted octanol–water partition coefficient (Wildman–Crippen LogP) is 9.35. The Morgan fingerprint density at radius 3 is 1.53 bits per heavy atom. The second kappa shape index (κ2) is 18.3. The lowest BCUT2D eigenvalue weighted by atomic mass is 10.1. The summed E-state index contributed by atoms with van der Waals surface area (Å²) in [7, 11) is 5.77. The number of hydrogen-bond donors (Lipinski definition) is 1. The molecule has 5 aromatic carbocycles. The number of hydrogen-bond acceptors (Lipinski definition) is 9. The molecule has 12 heteroatoms. The number of ether oxygens (including phenoxy) is 6. The summed E-state index contributed by atoms with van der Waals surface area (Å²) < 4.78 is 31.4. The highest BCUT2D eigenvalue weighted by atomic mass is 35.5. The minimum atomic E-state index is -0.509. The maximum Gasteiger partial charge on any atom is 0.341 e. The van der Waals surface area contributed by atoms with Gasteiger partial charge in [0.25, 0.3) is 5.91 Å². The second-order valence-corrected chi connectivity index (χ2v) is 11.5. The minimum absolute atomic E-state index is 0.266. The van der Waals surface area contributed by atoms with E-state index in [2.05, 4.69) is 5.32 Å². The molecule has 5 rings (SSSR count). The number of carbonyl (C=O) groups excluding carboxylic acids is 3. The molecule has 51 heavy (non-hydrogen) atoms. The lowest BCUT2D eigenvalue weighted by Gasteiger charge is -2.17. The highest BCUT2D eigenvalue weighted by molar-refractivity contribution is 6.31. The van der Waals surface area contributed by atoms with Gasteiger partial charge in [0, 0.05) is 22.2 Å². The van der Waals surface area contributed by atoms with E-state index in [4.69, 9.17) is 51.6 Å². The van der Waals surface area contributed by atoms with Gasteiger partial charge < -0.3 is 33.7 Å². The molecule has 1 amide bonds. The van der Waals surface area contributed by atoms with Crippen molar-refractivity contribution in [1.29, 1.82) is 0 Å². The van der Waals surface area contributed by atoms with Crippen molar-refractivity contribution in [2.75, 3.05) is 28.4 Å². The van der Waals surface area contributed by atoms with Crippen LogP contribution in [0.5, 0.6) is 34.5 Å². The van der Waals surface area contributed by atoms with E-state index in [1.165, 1.54) is 20.3 Å². The third-order valence-corrected chi connectivity index (χ3v) is 7.72. The largest absolute Gasteiger partial charge is 0.497 e. The summed E-state index contributed by atoms with van der Waals surface area (Å²) in [6.45, 7) is 1.85. The van der Waals surface area contributed by atoms with Gasteiger partial charge in [-0.05, 0) is 85.3 Å². The van der Waals surface area contributed by atoms with Gasteiger partial charge in [-0.25, -0.2) is 9.59 Å². The fourth-order valence-electron chi connectivity index (χ4n) is 4.60. The number of nitrogens with one attached hydrogen (secondary N) is 1. The fraction of sp³-hybridized carbons (Fsp3) is 0.154. The first-order chi connectivity index (χ1) is 24.5. The molecule has 0 saturated heterocycles. The van der Waals surface area contributed by atoms with Crippen molar-refractivity contribution in [2.24, 2.45) is 0 Å². The van der Waals surface area contributed by atoms with E-state index >= 15 is 0 Å². The van der Waals surface area contributed by atoms with Crippen LogP contribution in [0.4, 0.5) is 0 Å². The first-order valence-electron chi connectivity index (χ1n) is 15.4. The van der Waals surface area contributed by atoms with E-state index < -0.39 is 11.9 Å². The number of amides is 1. The molecule has 0 saturated carbocycles. The first kappa shape index (κ1) is 38.1. The van der Waals surface area contributed by atoms with Crippen molar-refractivity contribution < 1.29 is 42.8 Å². The van der Waals surface area contributed by atoms with Gasteiger partial charge in [0.05, 0.1) is 45.6 Å². The zero-order chi connectivity index (χ0) is 36.9. The molecule has 0 aliphatic heterocycles. The first-order valence-corrected chi connectivity index (χ1v) is 16.1. The topological polar surface area (TPSA) is 119 Å². The summed E-state index contributed by atoms with van der Waals surface area (Å²) >= 11 is 12.0. The van der Waals surface area contributed by atoms with E-state index in [1.807, 2.05) is 6.92 Å². The van der Waals surface area contributed by atoms with Gasteiger partial charge in [-0.3, -0.25) is 4.79 Å². The maximum atomic E-state index is 13.0. The standard InChI is InChI=1S/C24H22ClNO5.C15H13ClO4/c1-15(16-7-9-17(10-8-16)24(28)30-3)26-23(27)21-13-18(25)11-12-22(21)31-20-6-4-5-19(14-20)29-2;1-18-11-4-3-5-12(9-11)20-14-7-6-10(16)8-13(14)15(17)19-2/h4-15H,1-3H3,(H,26,27);3-9H,1-2H3/t15-;/m0./s1. The molecular weight excluding hydrogens is 697 g/mol. The zero-order valence-corrected chi connectivity index (χ0v) is 29.9. The molecule has 0 spiro atoms. The Balaban J connectivity index is 0.000000251. The highest BCUT2D eigenvalue weighted by Crippen LogP contribution is 2.32. The van der Waals surface area contributed by atoms with Crippen molar-refractivity contribution in [1.82, 2.24) is 5.32 Å². The van der Waals surface area contributed by atoms with Crippen LogP contribution in [0, 0.1) is 0 Å². The Kier molecular flexibility index (Phi) is 13.7. The van der Waals surface area contributed by atoms with Gasteiger partial charge in [-0.15, -0.1) is 0 Å². The molecule has 0 aliphatic rings. The van der Waals surface area contributed by atoms with Crippen molar-refractivity contribution in [3.63, 3.8) is 0 Å². The molecule has 0 radical (unpaired) electrons. The molecule has 5 aromatic rings. The Morgan fingerprint density at radius 1 is 0.569 bits per heavy atom. The predicted molar refractivity (Wildman–Crippen MR) is 194 cm³/mol. The van der Waals surface area contributed by atoms with Crippen LogP contribution in [-0.2, 0) is 9.47 Å². The van der Waals surface area contributed by atoms with Gasteiger partial charge in [0.1, 0.15) is 40.1 Å². The second-order valence-electron chi connectivity index (χ2n) is 10.6. The van der Waals surface area contributed by atoms with Gasteiger partial charge >= 0.3 is 11.9 Å². The molecule has 0 unspecified atom stereocenters. The molecule has 264 valence electrons. The fourth-order valence-corrected chi connectivity index (χ4v) is 4.94. The van der Waals surface area contributed by atoms with Crippen molar-refractivity contribution >= 4 is 41.0 Å². The third kappa shape index (κ3) is 10.6. The van der Waals surface area contributed by atoms with Gasteiger partial charge in [-0.2, -0.15) is 0 Å². The number of benzene rings is 5. The lowest BCUT2D eigenvalue weighted by Crippen LogP contribution is -2.27. The molecule has 1 N–H and O–H groups in total. The van der Waals surface area contributed by atoms with Crippen LogP contribution in [0.2, 0.25) is 10.0 Å². The lowest BCUT2D eigenvalue weighted by molar-refractivity contribution is 0.0590. The molecule has 10 nitrogen and oxygen atoms in total. The number of rotatable bonds is 11. The summed E-state index contributed by atoms with van der Waals surface area (Å²) in [4.78, 5) is 36.3. The molecule has 0 bridgehead atoms. The summed E-state index contributed by atoms with van der Waals surface area (Å²) in [6, 6.07) is 30.3. The third-order valence-electron chi connectivity index (χ3n) is 7.25. The van der Waals surface area contributed by atoms with Crippen molar-refractivity contribution in [3.05, 3.63) is 141 Å². The van der Waals surface area contributed by atoms with E-state index in [-0.39, 0.29) is 17.5 Å². The van der Waals surface area contributed by atoms with Crippen LogP contribution >= 0.6 is 23.2 Å². The van der Waals surface area contributed by atoms with Crippen molar-refractivity contribution in [3.8, 4) is 34.5 Å². The number of halogens is 2. The Hall–Kier alpha value is -5.71. The van der Waals surface area contributed by atoms with Gasteiger partial charge in [0.2, 0.25) is 0 Å².